The summed E-state index contributed by atoms with van der Waals surface area (Å²) in [7, 11) is -1.84. The van der Waals surface area contributed by atoms with E-state index < -0.39 is 8.07 Å². The van der Waals surface area contributed by atoms with Gasteiger partial charge in [-0.3, -0.25) is 0 Å². The molecule has 4 unspecified atom stereocenters. The molecule has 0 bridgehead atoms. The summed E-state index contributed by atoms with van der Waals surface area (Å²) < 4.78 is 0. The summed E-state index contributed by atoms with van der Waals surface area (Å²) in [6.07, 6.45) is 45.6. The first-order valence-corrected chi connectivity index (χ1v) is 17.4. The molecular formula is C35H42Si. The fraction of sp³-hybridized carbons (Fsp3) is 0.429. The molecule has 0 saturated heterocycles. The van der Waals surface area contributed by atoms with E-state index in [-0.39, 0.29) is 0 Å². The van der Waals surface area contributed by atoms with Crippen molar-refractivity contribution in [3.05, 3.63) is 119 Å². The second-order valence-corrected chi connectivity index (χ2v) is 16.5. The maximum atomic E-state index is 2.80. The van der Waals surface area contributed by atoms with E-state index in [1.165, 1.54) is 51.0 Å². The monoisotopic (exact) mass is 490 g/mol. The number of fused-ring (bicyclic) bond motifs is 4. The van der Waals surface area contributed by atoms with Crippen molar-refractivity contribution in [3.8, 4) is 0 Å². The van der Waals surface area contributed by atoms with Gasteiger partial charge >= 0.3 is 0 Å². The Hall–Kier alpha value is -2.38. The summed E-state index contributed by atoms with van der Waals surface area (Å²) in [5, 5.41) is 1.86. The summed E-state index contributed by atoms with van der Waals surface area (Å²) in [6.45, 7) is 5.12. The molecule has 0 radical (unpaired) electrons. The summed E-state index contributed by atoms with van der Waals surface area (Å²) in [6, 6.07) is 1.43. The van der Waals surface area contributed by atoms with Gasteiger partial charge in [0.25, 0.3) is 0 Å². The van der Waals surface area contributed by atoms with Crippen molar-refractivity contribution >= 4 is 8.07 Å². The number of rotatable bonds is 9. The minimum absolute atomic E-state index is 0.575. The molecule has 6 aliphatic rings. The zero-order valence-electron chi connectivity index (χ0n) is 22.2. The summed E-state index contributed by atoms with van der Waals surface area (Å²) in [5.74, 6) is 2.38. The Bertz CT molecular complexity index is 1150. The Morgan fingerprint density at radius 3 is 2.00 bits per heavy atom. The third kappa shape index (κ3) is 4.04. The van der Waals surface area contributed by atoms with Crippen molar-refractivity contribution in [3.63, 3.8) is 0 Å². The zero-order valence-corrected chi connectivity index (χ0v) is 23.2. The van der Waals surface area contributed by atoms with E-state index in [4.69, 9.17) is 0 Å². The second-order valence-electron chi connectivity index (χ2n) is 11.9. The first-order chi connectivity index (χ1) is 17.7. The van der Waals surface area contributed by atoms with Crippen LogP contribution in [0, 0.1) is 23.7 Å². The highest BCUT2D eigenvalue weighted by Crippen LogP contribution is 2.60. The van der Waals surface area contributed by atoms with Gasteiger partial charge in [-0.05, 0) is 34.3 Å². The molecule has 6 rings (SSSR count). The van der Waals surface area contributed by atoms with Crippen molar-refractivity contribution in [2.45, 2.75) is 70.0 Å². The van der Waals surface area contributed by atoms with Gasteiger partial charge in [-0.2, -0.15) is 0 Å². The highest BCUT2D eigenvalue weighted by Gasteiger charge is 2.54. The van der Waals surface area contributed by atoms with E-state index in [9.17, 15) is 0 Å². The van der Waals surface area contributed by atoms with Gasteiger partial charge in [-0.1, -0.05) is 154 Å². The molecule has 186 valence electrons. The molecule has 0 aromatic rings. The molecule has 0 heterocycles. The largest absolute Gasteiger partial charge is 0.0842 e. The van der Waals surface area contributed by atoms with Gasteiger partial charge in [0.05, 0.1) is 8.07 Å². The fourth-order valence-electron chi connectivity index (χ4n) is 8.26. The number of hydrogen-bond acceptors (Lipinski definition) is 0. The van der Waals surface area contributed by atoms with Crippen LogP contribution in [0.15, 0.2) is 119 Å². The lowest BCUT2D eigenvalue weighted by Crippen LogP contribution is -2.46. The molecule has 0 aromatic carbocycles. The average Bonchev–Trinajstić information content (AvgIpc) is 3.47. The molecule has 0 aliphatic heterocycles. The Labute approximate surface area is 220 Å². The molecule has 0 amide bonds. The molecule has 36 heavy (non-hydrogen) atoms. The number of allylic oxidation sites excluding steroid dienone is 20. The summed E-state index contributed by atoms with van der Waals surface area (Å²) in [5.41, 5.74) is 7.15. The molecule has 0 saturated carbocycles. The standard InChI is InChI=1S/C35H42Si/c1-3-4-5-6-7-14-24-36(2,34-23-15-22-28-27-17-9-8-16-26(27)25-33(28)34)35-31-20-12-10-18-29(31)30-19-11-13-21-32(30)35/h8-13,15-23,26,31-33,35H,3-7,14,24-25H2,1-2H3/t26?,31?,32?,33?,35?,36-/m0/s1. The van der Waals surface area contributed by atoms with Crippen LogP contribution < -0.4 is 0 Å². The lowest BCUT2D eigenvalue weighted by atomic mass is 9.94. The van der Waals surface area contributed by atoms with Crippen molar-refractivity contribution in [2.24, 2.45) is 23.7 Å². The van der Waals surface area contributed by atoms with Crippen LogP contribution in [-0.2, 0) is 0 Å². The minimum atomic E-state index is -1.84. The summed E-state index contributed by atoms with van der Waals surface area (Å²) in [4.78, 5) is 0. The van der Waals surface area contributed by atoms with Gasteiger partial charge in [-0.15, -0.1) is 0 Å². The van der Waals surface area contributed by atoms with Gasteiger partial charge in [0.2, 0.25) is 0 Å². The predicted molar refractivity (Wildman–Crippen MR) is 158 cm³/mol. The van der Waals surface area contributed by atoms with E-state index in [1.807, 2.05) is 5.20 Å². The second kappa shape index (κ2) is 10.2. The van der Waals surface area contributed by atoms with E-state index in [0.717, 1.165) is 5.54 Å². The smallest absolute Gasteiger partial charge is 0.0770 e. The Morgan fingerprint density at radius 1 is 0.667 bits per heavy atom. The first-order valence-electron chi connectivity index (χ1n) is 14.6. The van der Waals surface area contributed by atoms with Crippen LogP contribution in [-0.4, -0.2) is 8.07 Å². The van der Waals surface area contributed by atoms with E-state index >= 15 is 0 Å². The van der Waals surface area contributed by atoms with Crippen LogP contribution in [0.3, 0.4) is 0 Å². The molecule has 6 aliphatic carbocycles. The van der Waals surface area contributed by atoms with E-state index in [1.54, 1.807) is 22.3 Å². The maximum absolute atomic E-state index is 2.80. The number of hydrogen-bond donors (Lipinski definition) is 0. The molecule has 0 fully saturated rings. The van der Waals surface area contributed by atoms with E-state index in [0.29, 0.717) is 23.7 Å². The Morgan fingerprint density at radius 2 is 1.28 bits per heavy atom. The molecule has 0 nitrogen and oxygen atoms in total. The van der Waals surface area contributed by atoms with Crippen LogP contribution in [0.1, 0.15) is 51.9 Å². The predicted octanol–water partition coefficient (Wildman–Crippen LogP) is 9.68. The minimum Gasteiger partial charge on any atom is -0.0770 e. The quantitative estimate of drug-likeness (QED) is 0.223. The highest BCUT2D eigenvalue weighted by molar-refractivity contribution is 6.87. The van der Waals surface area contributed by atoms with Gasteiger partial charge in [0.15, 0.2) is 0 Å². The van der Waals surface area contributed by atoms with Gasteiger partial charge in [0.1, 0.15) is 0 Å². The zero-order chi connectivity index (χ0) is 24.5. The molecular weight excluding hydrogens is 448 g/mol. The molecule has 0 aromatic heterocycles. The third-order valence-electron chi connectivity index (χ3n) is 9.94. The van der Waals surface area contributed by atoms with E-state index in [2.05, 4.69) is 105 Å². The maximum Gasteiger partial charge on any atom is 0.0842 e. The highest BCUT2D eigenvalue weighted by atomic mass is 28.3. The van der Waals surface area contributed by atoms with Crippen LogP contribution in [0.2, 0.25) is 18.1 Å². The molecule has 0 N–H and O–H groups in total. The number of unbranched alkanes of at least 4 members (excludes halogenated alkanes) is 5. The van der Waals surface area contributed by atoms with Gasteiger partial charge < -0.3 is 0 Å². The van der Waals surface area contributed by atoms with Crippen LogP contribution in [0.5, 0.6) is 0 Å². The van der Waals surface area contributed by atoms with Crippen molar-refractivity contribution < 1.29 is 0 Å². The van der Waals surface area contributed by atoms with Crippen LogP contribution in [0.25, 0.3) is 0 Å². The lowest BCUT2D eigenvalue weighted by Gasteiger charge is -2.45. The Balaban J connectivity index is 1.37. The lowest BCUT2D eigenvalue weighted by molar-refractivity contribution is 0.589. The molecule has 0 spiro atoms. The van der Waals surface area contributed by atoms with Crippen molar-refractivity contribution in [2.75, 3.05) is 0 Å². The normalized spacial score (nSPS) is 32.5. The Kier molecular flexibility index (Phi) is 6.78. The molecule has 5 atom stereocenters. The fourth-order valence-corrected chi connectivity index (χ4v) is 14.0. The molecule has 1 heteroatoms. The van der Waals surface area contributed by atoms with Crippen LogP contribution in [0.4, 0.5) is 0 Å². The first kappa shape index (κ1) is 24.0. The van der Waals surface area contributed by atoms with Crippen molar-refractivity contribution in [1.82, 2.24) is 0 Å². The van der Waals surface area contributed by atoms with Gasteiger partial charge in [0, 0.05) is 23.7 Å². The average molecular weight is 491 g/mol. The summed E-state index contributed by atoms with van der Waals surface area (Å²) >= 11 is 0. The van der Waals surface area contributed by atoms with Crippen LogP contribution >= 0.6 is 0 Å². The third-order valence-corrected chi connectivity index (χ3v) is 15.4. The topological polar surface area (TPSA) is 0 Å². The SMILES string of the molecule is CCCCCCCC[Si@@](C)(C1=CC=CC2=C3C=CC=CC3CC12)C1C2C=CC=CC2=C2C=CC=CC21. The van der Waals surface area contributed by atoms with Gasteiger partial charge in [-0.25, -0.2) is 0 Å². The van der Waals surface area contributed by atoms with Crippen molar-refractivity contribution in [1.29, 1.82) is 0 Å².